The maximum Gasteiger partial charge on any atom is 0.319 e. The molecule has 0 spiro atoms. The van der Waals surface area contributed by atoms with Crippen LogP contribution in [0.4, 0.5) is 5.69 Å². The smallest absolute Gasteiger partial charge is 0.319 e. The minimum atomic E-state index is -1.61. The van der Waals surface area contributed by atoms with Crippen LogP contribution in [0.5, 0.6) is 0 Å². The van der Waals surface area contributed by atoms with Crippen LogP contribution in [0.3, 0.4) is 0 Å². The molecular formula is C29H19NO4. The topological polar surface area (TPSA) is 74.7 Å². The summed E-state index contributed by atoms with van der Waals surface area (Å²) in [6, 6.07) is 28.0. The predicted molar refractivity (Wildman–Crippen MR) is 127 cm³/mol. The van der Waals surface area contributed by atoms with Crippen molar-refractivity contribution >= 4 is 34.2 Å². The van der Waals surface area contributed by atoms with E-state index in [0.29, 0.717) is 16.8 Å². The van der Waals surface area contributed by atoms with Crippen LogP contribution in [0.1, 0.15) is 28.2 Å². The molecule has 2 bridgehead atoms. The number of anilines is 1. The van der Waals surface area contributed by atoms with E-state index < -0.39 is 29.1 Å². The highest BCUT2D eigenvalue weighted by atomic mass is 16.4. The van der Waals surface area contributed by atoms with Crippen molar-refractivity contribution in [3.8, 4) is 0 Å². The van der Waals surface area contributed by atoms with Gasteiger partial charge in [-0.1, -0.05) is 78.9 Å². The first-order valence-electron chi connectivity index (χ1n) is 11.3. The molecule has 1 N–H and O–H groups in total. The third-order valence-electron chi connectivity index (χ3n) is 7.95. The number of carboxylic acid groups (broad SMARTS) is 1. The van der Waals surface area contributed by atoms with Crippen molar-refractivity contribution in [2.24, 2.45) is 11.8 Å². The van der Waals surface area contributed by atoms with E-state index in [4.69, 9.17) is 0 Å². The summed E-state index contributed by atoms with van der Waals surface area (Å²) >= 11 is 0. The average molecular weight is 445 g/mol. The van der Waals surface area contributed by atoms with Gasteiger partial charge in [-0.2, -0.15) is 0 Å². The van der Waals surface area contributed by atoms with E-state index in [-0.39, 0.29) is 11.8 Å². The second-order valence-corrected chi connectivity index (χ2v) is 9.31. The van der Waals surface area contributed by atoms with Gasteiger partial charge in [0, 0.05) is 5.92 Å². The van der Waals surface area contributed by atoms with Gasteiger partial charge in [-0.15, -0.1) is 0 Å². The molecule has 2 atom stereocenters. The van der Waals surface area contributed by atoms with Gasteiger partial charge in [-0.3, -0.25) is 14.4 Å². The molecule has 0 saturated carbocycles. The Labute approximate surface area is 195 Å². The molecule has 4 aliphatic rings. The number of carboxylic acids is 1. The first-order valence-corrected chi connectivity index (χ1v) is 11.3. The highest BCUT2D eigenvalue weighted by molar-refractivity contribution is 6.25. The van der Waals surface area contributed by atoms with Crippen molar-refractivity contribution in [1.82, 2.24) is 0 Å². The Hall–Kier alpha value is -4.25. The summed E-state index contributed by atoms with van der Waals surface area (Å²) in [6.45, 7) is 0. The third-order valence-corrected chi connectivity index (χ3v) is 7.95. The largest absolute Gasteiger partial charge is 0.480 e. The molecule has 2 amide bonds. The predicted octanol–water partition coefficient (Wildman–Crippen LogP) is 4.48. The molecule has 4 aromatic rings. The summed E-state index contributed by atoms with van der Waals surface area (Å²) in [7, 11) is 0. The van der Waals surface area contributed by atoms with Crippen molar-refractivity contribution in [1.29, 1.82) is 0 Å². The summed E-state index contributed by atoms with van der Waals surface area (Å²) in [5.74, 6) is -3.99. The van der Waals surface area contributed by atoms with Gasteiger partial charge in [0.05, 0.1) is 17.5 Å². The molecule has 5 heteroatoms. The number of hydrogen-bond donors (Lipinski definition) is 1. The fourth-order valence-electron chi connectivity index (χ4n) is 6.71. The van der Waals surface area contributed by atoms with Gasteiger partial charge in [0.15, 0.2) is 0 Å². The number of imide groups is 1. The van der Waals surface area contributed by atoms with E-state index in [0.717, 1.165) is 21.9 Å². The summed E-state index contributed by atoms with van der Waals surface area (Å²) in [5, 5.41) is 12.7. The van der Waals surface area contributed by atoms with Gasteiger partial charge in [-0.25, -0.2) is 4.90 Å². The molecule has 1 fully saturated rings. The molecule has 0 unspecified atom stereocenters. The SMILES string of the molecule is O=C1[C@H]2C3c4ccccc4C(C(=O)O)(c4ccccc43)[C@H]2C(=O)N1c1ccc2ccccc2c1. The minimum Gasteiger partial charge on any atom is -0.480 e. The zero-order valence-corrected chi connectivity index (χ0v) is 18.0. The van der Waals surface area contributed by atoms with Crippen LogP contribution < -0.4 is 4.90 Å². The number of rotatable bonds is 2. The van der Waals surface area contributed by atoms with Crippen LogP contribution in [-0.2, 0) is 19.8 Å². The van der Waals surface area contributed by atoms with E-state index >= 15 is 0 Å². The molecule has 1 saturated heterocycles. The average Bonchev–Trinajstić information content (AvgIpc) is 3.14. The molecule has 1 aliphatic heterocycles. The lowest BCUT2D eigenvalue weighted by atomic mass is 9.47. The Kier molecular flexibility index (Phi) is 3.63. The van der Waals surface area contributed by atoms with Gasteiger partial charge in [0.1, 0.15) is 5.41 Å². The number of fused-ring (bicyclic) bond motifs is 1. The Morgan fingerprint density at radius 3 is 1.97 bits per heavy atom. The van der Waals surface area contributed by atoms with E-state index in [9.17, 15) is 19.5 Å². The Bertz CT molecular complexity index is 1520. The third kappa shape index (κ3) is 2.08. The summed E-state index contributed by atoms with van der Waals surface area (Å²) in [4.78, 5) is 42.4. The molecule has 3 aliphatic carbocycles. The lowest BCUT2D eigenvalue weighted by Gasteiger charge is -2.51. The van der Waals surface area contributed by atoms with Gasteiger partial charge in [0.25, 0.3) is 0 Å². The molecule has 34 heavy (non-hydrogen) atoms. The quantitative estimate of drug-likeness (QED) is 0.462. The zero-order valence-electron chi connectivity index (χ0n) is 18.0. The monoisotopic (exact) mass is 445 g/mol. The number of amides is 2. The fraction of sp³-hybridized carbons (Fsp3) is 0.138. The van der Waals surface area contributed by atoms with Gasteiger partial charge >= 0.3 is 5.97 Å². The number of benzene rings is 4. The van der Waals surface area contributed by atoms with Crippen LogP contribution in [-0.4, -0.2) is 22.9 Å². The van der Waals surface area contributed by atoms with E-state index in [2.05, 4.69) is 0 Å². The molecule has 0 aromatic heterocycles. The second-order valence-electron chi connectivity index (χ2n) is 9.31. The maximum atomic E-state index is 14.0. The van der Waals surface area contributed by atoms with Crippen molar-refractivity contribution < 1.29 is 19.5 Å². The van der Waals surface area contributed by atoms with Gasteiger partial charge in [-0.05, 0) is 45.2 Å². The van der Waals surface area contributed by atoms with E-state index in [1.807, 2.05) is 72.8 Å². The Balaban J connectivity index is 1.50. The molecule has 8 rings (SSSR count). The Morgan fingerprint density at radius 1 is 0.735 bits per heavy atom. The molecule has 5 nitrogen and oxygen atoms in total. The second kappa shape index (κ2) is 6.41. The Morgan fingerprint density at radius 2 is 1.32 bits per heavy atom. The van der Waals surface area contributed by atoms with Crippen molar-refractivity contribution in [2.75, 3.05) is 4.90 Å². The summed E-state index contributed by atoms with van der Waals surface area (Å²) < 4.78 is 0. The first-order chi connectivity index (χ1) is 16.5. The molecule has 4 aromatic carbocycles. The zero-order chi connectivity index (χ0) is 23.2. The van der Waals surface area contributed by atoms with Gasteiger partial charge in [0.2, 0.25) is 11.8 Å². The molecular weight excluding hydrogens is 426 g/mol. The standard InChI is InChI=1S/C29H19NO4/c31-26-24-23-19-9-3-5-11-21(19)29(28(33)34,22-12-6-4-10-20(22)23)25(24)27(32)30(26)18-14-13-16-7-1-2-8-17(16)15-18/h1-15,23-25H,(H,33,34)/t23?,24-,25+,29?/m0/s1. The molecule has 1 heterocycles. The fourth-order valence-corrected chi connectivity index (χ4v) is 6.71. The summed E-state index contributed by atoms with van der Waals surface area (Å²) in [6.07, 6.45) is 0. The number of carbonyl (C=O) groups is 3. The highest BCUT2D eigenvalue weighted by Crippen LogP contribution is 2.64. The van der Waals surface area contributed by atoms with Crippen molar-refractivity contribution in [3.05, 3.63) is 113 Å². The first kappa shape index (κ1) is 19.2. The lowest BCUT2D eigenvalue weighted by Crippen LogP contribution is -2.57. The van der Waals surface area contributed by atoms with Crippen molar-refractivity contribution in [2.45, 2.75) is 11.3 Å². The number of aliphatic carboxylic acids is 1. The van der Waals surface area contributed by atoms with Crippen LogP contribution in [0.2, 0.25) is 0 Å². The molecule has 0 radical (unpaired) electrons. The number of hydrogen-bond acceptors (Lipinski definition) is 3. The van der Waals surface area contributed by atoms with Crippen LogP contribution in [0.25, 0.3) is 10.8 Å². The molecule has 164 valence electrons. The van der Waals surface area contributed by atoms with E-state index in [1.54, 1.807) is 18.2 Å². The lowest BCUT2D eigenvalue weighted by molar-refractivity contribution is -0.149. The maximum absolute atomic E-state index is 14.0. The van der Waals surface area contributed by atoms with Crippen LogP contribution in [0.15, 0.2) is 91.0 Å². The van der Waals surface area contributed by atoms with Gasteiger partial charge < -0.3 is 5.11 Å². The number of carbonyl (C=O) groups excluding carboxylic acids is 2. The van der Waals surface area contributed by atoms with E-state index in [1.165, 1.54) is 4.90 Å². The normalized spacial score (nSPS) is 26.4. The van der Waals surface area contributed by atoms with Crippen LogP contribution >= 0.6 is 0 Å². The van der Waals surface area contributed by atoms with Crippen molar-refractivity contribution in [3.63, 3.8) is 0 Å². The minimum absolute atomic E-state index is 0.329. The highest BCUT2D eigenvalue weighted by Gasteiger charge is 2.71. The summed E-state index contributed by atoms with van der Waals surface area (Å²) in [5.41, 5.74) is 1.77. The van der Waals surface area contributed by atoms with Crippen LogP contribution in [0, 0.1) is 11.8 Å². The number of nitrogens with zero attached hydrogens (tertiary/aromatic N) is 1.